The molecule has 82 valence electrons. The number of fused-ring (bicyclic) bond motifs is 1. The maximum atomic E-state index is 4.65. The van der Waals surface area contributed by atoms with Gasteiger partial charge in [-0.25, -0.2) is 9.97 Å². The van der Waals surface area contributed by atoms with Crippen LogP contribution in [-0.4, -0.2) is 9.97 Å². The zero-order chi connectivity index (χ0) is 10.8. The van der Waals surface area contributed by atoms with Gasteiger partial charge >= 0.3 is 0 Å². The van der Waals surface area contributed by atoms with E-state index in [-0.39, 0.29) is 0 Å². The molecule has 0 atom stereocenters. The standard InChI is InChI=1S/C12H19N3/c1-4-10-9-6-13-7-11(9)15-12(14-10)5-8(2)3/h8,13H,4-7H2,1-3H3. The van der Waals surface area contributed by atoms with Gasteiger partial charge in [0.25, 0.3) is 0 Å². The minimum absolute atomic E-state index is 0.627. The second-order valence-corrected chi connectivity index (χ2v) is 4.57. The molecular weight excluding hydrogens is 186 g/mol. The highest BCUT2D eigenvalue weighted by molar-refractivity contribution is 5.29. The summed E-state index contributed by atoms with van der Waals surface area (Å²) >= 11 is 0. The van der Waals surface area contributed by atoms with Crippen molar-refractivity contribution in [2.45, 2.75) is 46.7 Å². The Kier molecular flexibility index (Phi) is 3.00. The van der Waals surface area contributed by atoms with Crippen LogP contribution < -0.4 is 5.32 Å². The van der Waals surface area contributed by atoms with Gasteiger partial charge in [-0.15, -0.1) is 0 Å². The van der Waals surface area contributed by atoms with Gasteiger partial charge < -0.3 is 5.32 Å². The molecule has 0 amide bonds. The predicted octanol–water partition coefficient (Wildman–Crippen LogP) is 1.84. The van der Waals surface area contributed by atoms with E-state index in [1.165, 1.54) is 17.0 Å². The average Bonchev–Trinajstić information content (AvgIpc) is 2.63. The highest BCUT2D eigenvalue weighted by Gasteiger charge is 2.17. The molecule has 2 heterocycles. The van der Waals surface area contributed by atoms with Gasteiger partial charge in [0.2, 0.25) is 0 Å². The number of hydrogen-bond acceptors (Lipinski definition) is 3. The first-order valence-corrected chi connectivity index (χ1v) is 5.79. The quantitative estimate of drug-likeness (QED) is 0.818. The van der Waals surface area contributed by atoms with Crippen LogP contribution in [0.2, 0.25) is 0 Å². The maximum absolute atomic E-state index is 4.65. The van der Waals surface area contributed by atoms with E-state index in [2.05, 4.69) is 36.1 Å². The summed E-state index contributed by atoms with van der Waals surface area (Å²) in [6.45, 7) is 8.44. The minimum atomic E-state index is 0.627. The molecule has 3 heteroatoms. The Balaban J connectivity index is 2.34. The maximum Gasteiger partial charge on any atom is 0.129 e. The van der Waals surface area contributed by atoms with Crippen LogP contribution in [0.1, 0.15) is 43.5 Å². The summed E-state index contributed by atoms with van der Waals surface area (Å²) in [5.41, 5.74) is 3.79. The van der Waals surface area contributed by atoms with E-state index in [0.717, 1.165) is 31.8 Å². The highest BCUT2D eigenvalue weighted by Crippen LogP contribution is 2.18. The zero-order valence-electron chi connectivity index (χ0n) is 9.80. The molecule has 1 aromatic heterocycles. The minimum Gasteiger partial charge on any atom is -0.307 e. The Morgan fingerprint density at radius 2 is 2.07 bits per heavy atom. The van der Waals surface area contributed by atoms with Gasteiger partial charge in [-0.05, 0) is 12.3 Å². The second kappa shape index (κ2) is 4.27. The molecule has 0 radical (unpaired) electrons. The first-order chi connectivity index (χ1) is 7.20. The molecule has 1 aromatic rings. The van der Waals surface area contributed by atoms with Crippen LogP contribution in [0, 0.1) is 5.92 Å². The number of nitrogens with zero attached hydrogens (tertiary/aromatic N) is 2. The number of aromatic nitrogens is 2. The van der Waals surface area contributed by atoms with E-state index >= 15 is 0 Å². The summed E-state index contributed by atoms with van der Waals surface area (Å²) in [4.78, 5) is 9.28. The third-order valence-corrected chi connectivity index (χ3v) is 2.74. The fraction of sp³-hybridized carbons (Fsp3) is 0.667. The van der Waals surface area contributed by atoms with Crippen molar-refractivity contribution in [3.05, 3.63) is 22.8 Å². The van der Waals surface area contributed by atoms with Gasteiger partial charge in [0.15, 0.2) is 0 Å². The van der Waals surface area contributed by atoms with E-state index in [1.807, 2.05) is 0 Å². The van der Waals surface area contributed by atoms with Crippen molar-refractivity contribution >= 4 is 0 Å². The van der Waals surface area contributed by atoms with Crippen LogP contribution in [0.25, 0.3) is 0 Å². The molecule has 15 heavy (non-hydrogen) atoms. The van der Waals surface area contributed by atoms with Crippen molar-refractivity contribution in [3.8, 4) is 0 Å². The average molecular weight is 205 g/mol. The van der Waals surface area contributed by atoms with E-state index in [1.54, 1.807) is 0 Å². The Labute approximate surface area is 91.3 Å². The number of rotatable bonds is 3. The molecule has 0 fully saturated rings. The molecule has 0 saturated heterocycles. The molecule has 2 rings (SSSR count). The van der Waals surface area contributed by atoms with Crippen LogP contribution in [0.3, 0.4) is 0 Å². The molecule has 1 N–H and O–H groups in total. The van der Waals surface area contributed by atoms with Gasteiger partial charge in [-0.1, -0.05) is 20.8 Å². The normalized spacial score (nSPS) is 14.7. The van der Waals surface area contributed by atoms with Crippen molar-refractivity contribution in [1.82, 2.24) is 15.3 Å². The molecule has 0 bridgehead atoms. The van der Waals surface area contributed by atoms with Gasteiger partial charge in [-0.3, -0.25) is 0 Å². The Bertz CT molecular complexity index is 358. The predicted molar refractivity (Wildman–Crippen MR) is 60.5 cm³/mol. The lowest BCUT2D eigenvalue weighted by Gasteiger charge is -2.09. The topological polar surface area (TPSA) is 37.8 Å². The van der Waals surface area contributed by atoms with E-state index in [9.17, 15) is 0 Å². The lowest BCUT2D eigenvalue weighted by Crippen LogP contribution is -2.07. The fourth-order valence-electron chi connectivity index (χ4n) is 2.04. The summed E-state index contributed by atoms with van der Waals surface area (Å²) in [6.07, 6.45) is 2.00. The van der Waals surface area contributed by atoms with Crippen molar-refractivity contribution in [3.63, 3.8) is 0 Å². The third-order valence-electron chi connectivity index (χ3n) is 2.74. The van der Waals surface area contributed by atoms with Crippen molar-refractivity contribution in [2.24, 2.45) is 5.92 Å². The monoisotopic (exact) mass is 205 g/mol. The third kappa shape index (κ3) is 2.17. The summed E-state index contributed by atoms with van der Waals surface area (Å²) < 4.78 is 0. The molecule has 0 aromatic carbocycles. The van der Waals surface area contributed by atoms with Crippen LogP contribution in [0.4, 0.5) is 0 Å². The Hall–Kier alpha value is -0.960. The fourth-order valence-corrected chi connectivity index (χ4v) is 2.04. The Morgan fingerprint density at radius 1 is 1.27 bits per heavy atom. The second-order valence-electron chi connectivity index (χ2n) is 4.57. The molecular formula is C12H19N3. The number of hydrogen-bond donors (Lipinski definition) is 1. The zero-order valence-corrected chi connectivity index (χ0v) is 9.80. The molecule has 0 unspecified atom stereocenters. The summed E-state index contributed by atoms with van der Waals surface area (Å²) in [6, 6.07) is 0. The van der Waals surface area contributed by atoms with Crippen LogP contribution in [-0.2, 0) is 25.9 Å². The number of nitrogens with one attached hydrogen (secondary N) is 1. The van der Waals surface area contributed by atoms with Crippen LogP contribution in [0.5, 0.6) is 0 Å². The van der Waals surface area contributed by atoms with E-state index in [0.29, 0.717) is 5.92 Å². The SMILES string of the molecule is CCc1nc(CC(C)C)nc2c1CNC2. The lowest BCUT2D eigenvalue weighted by molar-refractivity contribution is 0.614. The summed E-state index contributed by atoms with van der Waals surface area (Å²) in [5, 5.41) is 3.34. The largest absolute Gasteiger partial charge is 0.307 e. The molecule has 3 nitrogen and oxygen atoms in total. The van der Waals surface area contributed by atoms with Crippen molar-refractivity contribution in [1.29, 1.82) is 0 Å². The van der Waals surface area contributed by atoms with Crippen LogP contribution in [0.15, 0.2) is 0 Å². The molecule has 1 aliphatic heterocycles. The van der Waals surface area contributed by atoms with Gasteiger partial charge in [0, 0.05) is 30.8 Å². The van der Waals surface area contributed by atoms with Gasteiger partial charge in [0.1, 0.15) is 5.82 Å². The summed E-state index contributed by atoms with van der Waals surface area (Å²) in [7, 11) is 0. The highest BCUT2D eigenvalue weighted by atomic mass is 15.0. The first-order valence-electron chi connectivity index (χ1n) is 5.79. The number of aryl methyl sites for hydroxylation is 1. The van der Waals surface area contributed by atoms with Crippen molar-refractivity contribution < 1.29 is 0 Å². The molecule has 0 aliphatic carbocycles. The van der Waals surface area contributed by atoms with E-state index < -0.39 is 0 Å². The summed E-state index contributed by atoms with van der Waals surface area (Å²) in [5.74, 6) is 1.64. The van der Waals surface area contributed by atoms with Gasteiger partial charge in [0.05, 0.1) is 5.69 Å². The molecule has 0 spiro atoms. The lowest BCUT2D eigenvalue weighted by atomic mass is 10.1. The molecule has 1 aliphatic rings. The van der Waals surface area contributed by atoms with Crippen molar-refractivity contribution in [2.75, 3.05) is 0 Å². The molecule has 0 saturated carbocycles. The first kappa shape index (κ1) is 10.6. The van der Waals surface area contributed by atoms with E-state index in [4.69, 9.17) is 0 Å². The smallest absolute Gasteiger partial charge is 0.129 e. The van der Waals surface area contributed by atoms with Gasteiger partial charge in [-0.2, -0.15) is 0 Å². The van der Waals surface area contributed by atoms with Crippen LogP contribution >= 0.6 is 0 Å². The Morgan fingerprint density at radius 3 is 2.73 bits per heavy atom.